The molecule has 0 spiro atoms. The summed E-state index contributed by atoms with van der Waals surface area (Å²) in [5, 5.41) is 8.57. The van der Waals surface area contributed by atoms with Crippen molar-refractivity contribution < 1.29 is 14.6 Å². The molecule has 0 bridgehead atoms. The predicted octanol–water partition coefficient (Wildman–Crippen LogP) is 4.50. The van der Waals surface area contributed by atoms with E-state index in [1.165, 1.54) is 11.5 Å². The average Bonchev–Trinajstić information content (AvgIpc) is 2.89. The summed E-state index contributed by atoms with van der Waals surface area (Å²) in [6, 6.07) is 0. The first kappa shape index (κ1) is 18.1. The van der Waals surface area contributed by atoms with Crippen molar-refractivity contribution in [2.24, 2.45) is 11.8 Å². The summed E-state index contributed by atoms with van der Waals surface area (Å²) in [6.07, 6.45) is 13.4. The molecule has 120 valence electrons. The molecule has 0 saturated carbocycles. The van der Waals surface area contributed by atoms with Gasteiger partial charge in [-0.15, -0.1) is 0 Å². The first-order valence-electron chi connectivity index (χ1n) is 7.95. The second kappa shape index (κ2) is 11.7. The molecule has 0 aliphatic carbocycles. The van der Waals surface area contributed by atoms with Crippen LogP contribution in [0.15, 0.2) is 24.5 Å². The number of hydrogen-bond acceptors (Lipinski definition) is 3. The van der Waals surface area contributed by atoms with Crippen LogP contribution in [-0.2, 0) is 9.53 Å². The van der Waals surface area contributed by atoms with Crippen LogP contribution in [0.2, 0.25) is 0 Å². The molecule has 0 aromatic heterocycles. The molecule has 0 amide bonds. The zero-order chi connectivity index (χ0) is 15.3. The number of carbonyl (C=O) groups is 1. The Morgan fingerprint density at radius 2 is 2.10 bits per heavy atom. The molecule has 3 nitrogen and oxygen atoms in total. The Kier molecular flexibility index (Phi) is 10.1. The standard InChI is InChI=1S/C17H28O3S/c1-2-3-11-20-12-10-16-14-21-13-15(16)8-6-4-5-7-9-17(18)19/h3-4,6,11,15-16H,2,5,7-10,12-14H2,1H3,(H,18,19)/b6-4-,11-3?/t15-,16+/m0/s1. The van der Waals surface area contributed by atoms with Crippen LogP contribution < -0.4 is 0 Å². The predicted molar refractivity (Wildman–Crippen MR) is 89.5 cm³/mol. The second-order valence-electron chi connectivity index (χ2n) is 5.49. The Labute approximate surface area is 132 Å². The molecule has 2 atom stereocenters. The molecule has 1 saturated heterocycles. The maximum Gasteiger partial charge on any atom is 0.303 e. The van der Waals surface area contributed by atoms with Gasteiger partial charge in [-0.1, -0.05) is 25.2 Å². The van der Waals surface area contributed by atoms with Crippen LogP contribution in [0.3, 0.4) is 0 Å². The van der Waals surface area contributed by atoms with E-state index in [-0.39, 0.29) is 6.42 Å². The van der Waals surface area contributed by atoms with Crippen molar-refractivity contribution in [3.63, 3.8) is 0 Å². The third kappa shape index (κ3) is 8.86. The topological polar surface area (TPSA) is 46.5 Å². The highest BCUT2D eigenvalue weighted by molar-refractivity contribution is 7.99. The van der Waals surface area contributed by atoms with Gasteiger partial charge in [0.15, 0.2) is 0 Å². The Bertz CT molecular complexity index is 339. The highest BCUT2D eigenvalue weighted by Crippen LogP contribution is 2.34. The molecular formula is C17H28O3S. The van der Waals surface area contributed by atoms with E-state index in [0.29, 0.717) is 0 Å². The Balaban J connectivity index is 2.13. The fourth-order valence-corrected chi connectivity index (χ4v) is 4.02. The fraction of sp³-hybridized carbons (Fsp3) is 0.706. The first-order chi connectivity index (χ1) is 10.2. The third-order valence-corrected chi connectivity index (χ3v) is 5.06. The van der Waals surface area contributed by atoms with Crippen molar-refractivity contribution in [3.05, 3.63) is 24.5 Å². The van der Waals surface area contributed by atoms with Crippen molar-refractivity contribution in [2.75, 3.05) is 18.1 Å². The van der Waals surface area contributed by atoms with Crippen molar-refractivity contribution >= 4 is 17.7 Å². The van der Waals surface area contributed by atoms with Gasteiger partial charge in [-0.25, -0.2) is 0 Å². The van der Waals surface area contributed by atoms with Gasteiger partial charge >= 0.3 is 5.97 Å². The number of ether oxygens (including phenoxy) is 1. The number of allylic oxidation sites excluding steroid dienone is 3. The molecule has 4 heteroatoms. The number of rotatable bonds is 11. The van der Waals surface area contributed by atoms with Gasteiger partial charge in [-0.2, -0.15) is 11.8 Å². The van der Waals surface area contributed by atoms with Crippen LogP contribution in [-0.4, -0.2) is 29.2 Å². The molecule has 1 aliphatic heterocycles. The lowest BCUT2D eigenvalue weighted by Crippen LogP contribution is -2.13. The van der Waals surface area contributed by atoms with Crippen molar-refractivity contribution in [1.29, 1.82) is 0 Å². The molecule has 1 rings (SSSR count). The van der Waals surface area contributed by atoms with E-state index in [1.807, 2.05) is 24.1 Å². The summed E-state index contributed by atoms with van der Waals surface area (Å²) in [7, 11) is 0. The van der Waals surface area contributed by atoms with Gasteiger partial charge in [0.25, 0.3) is 0 Å². The van der Waals surface area contributed by atoms with Gasteiger partial charge in [-0.3, -0.25) is 4.79 Å². The average molecular weight is 312 g/mol. The van der Waals surface area contributed by atoms with Gasteiger partial charge in [0, 0.05) is 6.42 Å². The molecule has 0 radical (unpaired) electrons. The first-order valence-corrected chi connectivity index (χ1v) is 9.10. The van der Waals surface area contributed by atoms with Gasteiger partial charge in [0.05, 0.1) is 12.9 Å². The number of carboxylic acids is 1. The van der Waals surface area contributed by atoms with E-state index in [1.54, 1.807) is 0 Å². The van der Waals surface area contributed by atoms with Crippen LogP contribution >= 0.6 is 11.8 Å². The van der Waals surface area contributed by atoms with E-state index in [9.17, 15) is 4.79 Å². The summed E-state index contributed by atoms with van der Waals surface area (Å²) in [5.41, 5.74) is 0. The highest BCUT2D eigenvalue weighted by atomic mass is 32.2. The maximum absolute atomic E-state index is 10.4. The SMILES string of the molecule is CCC=COCC[C@@H]1CSC[C@@H]1C/C=C\CCCC(=O)O. The lowest BCUT2D eigenvalue weighted by molar-refractivity contribution is -0.137. The summed E-state index contributed by atoms with van der Waals surface area (Å²) in [5.74, 6) is 3.30. The van der Waals surface area contributed by atoms with E-state index < -0.39 is 5.97 Å². The molecule has 0 aromatic rings. The molecule has 1 fully saturated rings. The molecule has 0 aromatic carbocycles. The van der Waals surface area contributed by atoms with E-state index in [4.69, 9.17) is 9.84 Å². The second-order valence-corrected chi connectivity index (χ2v) is 6.57. The number of unbranched alkanes of at least 4 members (excludes halogenated alkanes) is 1. The van der Waals surface area contributed by atoms with Gasteiger partial charge in [0.1, 0.15) is 0 Å². The zero-order valence-corrected chi connectivity index (χ0v) is 13.8. The lowest BCUT2D eigenvalue weighted by atomic mass is 9.90. The molecule has 1 N–H and O–H groups in total. The fourth-order valence-electron chi connectivity index (χ4n) is 2.43. The maximum atomic E-state index is 10.4. The van der Waals surface area contributed by atoms with Gasteiger partial charge in [0.2, 0.25) is 0 Å². The third-order valence-electron chi connectivity index (χ3n) is 3.73. The number of carboxylic acid groups (broad SMARTS) is 1. The monoisotopic (exact) mass is 312 g/mol. The van der Waals surface area contributed by atoms with Crippen LogP contribution in [0.4, 0.5) is 0 Å². The number of thioether (sulfide) groups is 1. The molecule has 21 heavy (non-hydrogen) atoms. The summed E-state index contributed by atoms with van der Waals surface area (Å²) >= 11 is 2.05. The van der Waals surface area contributed by atoms with Crippen molar-refractivity contribution in [3.8, 4) is 0 Å². The quantitative estimate of drug-likeness (QED) is 0.347. The summed E-state index contributed by atoms with van der Waals surface area (Å²) in [4.78, 5) is 10.4. The minimum Gasteiger partial charge on any atom is -0.502 e. The molecule has 1 aliphatic rings. The Morgan fingerprint density at radius 1 is 1.29 bits per heavy atom. The minimum atomic E-state index is -0.701. The largest absolute Gasteiger partial charge is 0.502 e. The zero-order valence-electron chi connectivity index (χ0n) is 13.0. The van der Waals surface area contributed by atoms with Gasteiger partial charge < -0.3 is 9.84 Å². The van der Waals surface area contributed by atoms with E-state index >= 15 is 0 Å². The smallest absolute Gasteiger partial charge is 0.303 e. The van der Waals surface area contributed by atoms with E-state index in [0.717, 1.165) is 50.5 Å². The normalized spacial score (nSPS) is 22.3. The number of aliphatic carboxylic acids is 1. The van der Waals surface area contributed by atoms with Crippen LogP contribution in [0.1, 0.15) is 45.4 Å². The van der Waals surface area contributed by atoms with Crippen molar-refractivity contribution in [2.45, 2.75) is 45.4 Å². The highest BCUT2D eigenvalue weighted by Gasteiger charge is 2.26. The number of hydrogen-bond donors (Lipinski definition) is 1. The Morgan fingerprint density at radius 3 is 2.86 bits per heavy atom. The molecular weight excluding hydrogens is 284 g/mol. The summed E-state index contributed by atoms with van der Waals surface area (Å²) < 4.78 is 5.50. The van der Waals surface area contributed by atoms with Crippen LogP contribution in [0.5, 0.6) is 0 Å². The molecule has 0 unspecified atom stereocenters. The van der Waals surface area contributed by atoms with Crippen LogP contribution in [0.25, 0.3) is 0 Å². The van der Waals surface area contributed by atoms with E-state index in [2.05, 4.69) is 19.1 Å². The Hall–Kier alpha value is -0.900. The van der Waals surface area contributed by atoms with Crippen LogP contribution in [0, 0.1) is 11.8 Å². The summed E-state index contributed by atoms with van der Waals surface area (Å²) in [6.45, 7) is 2.92. The van der Waals surface area contributed by atoms with Gasteiger partial charge in [-0.05, 0) is 55.4 Å². The van der Waals surface area contributed by atoms with Crippen molar-refractivity contribution in [1.82, 2.24) is 0 Å². The molecule has 1 heterocycles. The minimum absolute atomic E-state index is 0.273. The lowest BCUT2D eigenvalue weighted by Gasteiger charge is -2.16.